The van der Waals surface area contributed by atoms with E-state index < -0.39 is 21.4 Å². The first-order valence-electron chi connectivity index (χ1n) is 5.54. The Morgan fingerprint density at radius 2 is 2.15 bits per heavy atom. The molecule has 1 aromatic heterocycles. The fourth-order valence-electron chi connectivity index (χ4n) is 1.81. The lowest BCUT2D eigenvalue weighted by molar-refractivity contribution is 0.357. The first kappa shape index (κ1) is 15.4. The summed E-state index contributed by atoms with van der Waals surface area (Å²) in [4.78, 5) is 40.8. The lowest BCUT2D eigenvalue weighted by Crippen LogP contribution is -2.14. The Kier molecular flexibility index (Phi) is 4.44. The molecule has 0 aliphatic rings. The van der Waals surface area contributed by atoms with E-state index in [9.17, 15) is 14.4 Å². The summed E-state index contributed by atoms with van der Waals surface area (Å²) >= 11 is 0. The van der Waals surface area contributed by atoms with Gasteiger partial charge in [-0.1, -0.05) is 0 Å². The molecule has 110 valence electrons. The van der Waals surface area contributed by atoms with Crippen LogP contribution in [0.4, 0.5) is 0 Å². The van der Waals surface area contributed by atoms with Crippen molar-refractivity contribution in [3.05, 3.63) is 24.5 Å². The van der Waals surface area contributed by atoms with Gasteiger partial charge < -0.3 is 28.9 Å². The minimum Gasteiger partial charge on any atom is -0.497 e. The summed E-state index contributed by atoms with van der Waals surface area (Å²) in [6.45, 7) is -0.230. The van der Waals surface area contributed by atoms with Gasteiger partial charge in [-0.3, -0.25) is 4.57 Å². The Balaban J connectivity index is 2.36. The van der Waals surface area contributed by atoms with Crippen LogP contribution in [0.15, 0.2) is 24.5 Å². The maximum Gasteiger partial charge on any atom is 0.339 e. The van der Waals surface area contributed by atoms with Gasteiger partial charge in [0.1, 0.15) is 11.1 Å². The van der Waals surface area contributed by atoms with Crippen LogP contribution in [-0.2, 0) is 11.1 Å². The average Bonchev–Trinajstić information content (AvgIpc) is 2.76. The predicted molar refractivity (Wildman–Crippen MR) is 73.5 cm³/mol. The molecule has 8 nitrogen and oxygen atoms in total. The van der Waals surface area contributed by atoms with Crippen molar-refractivity contribution in [3.63, 3.8) is 0 Å². The highest BCUT2D eigenvalue weighted by molar-refractivity contribution is 7.67. The molecule has 0 fully saturated rings. The highest BCUT2D eigenvalue weighted by Crippen LogP contribution is 2.55. The molecule has 0 bridgehead atoms. The summed E-state index contributed by atoms with van der Waals surface area (Å²) in [6.07, 6.45) is 1.39. The van der Waals surface area contributed by atoms with Crippen LogP contribution in [0.5, 0.6) is 5.75 Å². The Morgan fingerprint density at radius 3 is 2.70 bits per heavy atom. The van der Waals surface area contributed by atoms with Crippen molar-refractivity contribution in [2.45, 2.75) is 11.9 Å². The van der Waals surface area contributed by atoms with Crippen LogP contribution in [-0.4, -0.2) is 41.6 Å². The maximum absolute atomic E-state index is 11.3. The van der Waals surface area contributed by atoms with E-state index in [0.717, 1.165) is 0 Å². The van der Waals surface area contributed by atoms with Gasteiger partial charge in [-0.25, -0.2) is 4.98 Å². The number of benzene rings is 1. The number of fused-ring (bicyclic) bond motifs is 1. The van der Waals surface area contributed by atoms with Gasteiger partial charge in [0.05, 0.1) is 24.5 Å². The van der Waals surface area contributed by atoms with Crippen molar-refractivity contribution in [1.29, 1.82) is 0 Å². The molecule has 0 spiro atoms. The fourth-order valence-corrected chi connectivity index (χ4v) is 3.59. The number of nitrogens with zero attached hydrogens (tertiary/aromatic N) is 2. The topological polar surface area (TPSA) is 125 Å². The highest BCUT2D eigenvalue weighted by atomic mass is 31.2. The van der Waals surface area contributed by atoms with Crippen LogP contribution in [0.3, 0.4) is 0 Å². The summed E-state index contributed by atoms with van der Waals surface area (Å²) < 4.78 is 17.8. The zero-order chi connectivity index (χ0) is 14.9. The number of hydrogen-bond acceptors (Lipinski definition) is 5. The number of ether oxygens (including phenoxy) is 1. The normalized spacial score (nSPS) is 13.9. The Hall–Kier alpha value is -1.01. The van der Waals surface area contributed by atoms with Crippen LogP contribution in [0.1, 0.15) is 0 Å². The molecule has 0 radical (unpaired) electrons. The first-order valence-corrected chi connectivity index (χ1v) is 8.54. The van der Waals surface area contributed by atoms with Gasteiger partial charge in [-0.15, -0.1) is 0 Å². The van der Waals surface area contributed by atoms with Gasteiger partial charge in [0.25, 0.3) is 0 Å². The standard InChI is InChI=1S/C10H14N2O6P2/c1-18-7-2-3-9-8(4-7)11-6-12(9)5-10(19(13)14)20(15,16)17/h2-4,6,10,13-14H,5H2,1H3,(H2,15,16,17). The van der Waals surface area contributed by atoms with Crippen LogP contribution >= 0.6 is 16.0 Å². The van der Waals surface area contributed by atoms with Crippen LogP contribution < -0.4 is 4.74 Å². The minimum atomic E-state index is -4.61. The quantitative estimate of drug-likeness (QED) is 0.602. The summed E-state index contributed by atoms with van der Waals surface area (Å²) in [6, 6.07) is 5.06. The van der Waals surface area contributed by atoms with Gasteiger partial charge in [0, 0.05) is 12.6 Å². The molecule has 1 heterocycles. The maximum atomic E-state index is 11.3. The van der Waals surface area contributed by atoms with Crippen molar-refractivity contribution in [1.82, 2.24) is 9.55 Å². The second-order valence-corrected chi connectivity index (χ2v) is 7.61. The van der Waals surface area contributed by atoms with Crippen molar-refractivity contribution in [2.24, 2.45) is 0 Å². The van der Waals surface area contributed by atoms with Gasteiger partial charge >= 0.3 is 7.60 Å². The van der Waals surface area contributed by atoms with Crippen molar-refractivity contribution in [2.75, 3.05) is 7.11 Å². The van der Waals surface area contributed by atoms with E-state index in [2.05, 4.69) is 4.98 Å². The number of methoxy groups -OCH3 is 1. The molecule has 10 heteroatoms. The molecule has 0 aliphatic carbocycles. The predicted octanol–water partition coefficient (Wildman–Crippen LogP) is 0.845. The summed E-state index contributed by atoms with van der Waals surface area (Å²) in [5.74, 6) is 0.612. The zero-order valence-corrected chi connectivity index (χ0v) is 12.3. The third-order valence-corrected chi connectivity index (χ3v) is 6.00. The van der Waals surface area contributed by atoms with Gasteiger partial charge in [-0.2, -0.15) is 0 Å². The van der Waals surface area contributed by atoms with E-state index >= 15 is 0 Å². The van der Waals surface area contributed by atoms with Gasteiger partial charge in [-0.05, 0) is 12.1 Å². The molecular weight excluding hydrogens is 306 g/mol. The Morgan fingerprint density at radius 1 is 1.45 bits per heavy atom. The summed E-state index contributed by atoms with van der Waals surface area (Å²) in [7, 11) is -5.85. The largest absolute Gasteiger partial charge is 0.497 e. The Bertz CT molecular complexity index is 652. The molecule has 1 unspecified atom stereocenters. The second-order valence-electron chi connectivity index (χ2n) is 4.14. The third-order valence-electron chi connectivity index (χ3n) is 2.84. The molecular formula is C10H14N2O6P2. The average molecular weight is 320 g/mol. The zero-order valence-electron chi connectivity index (χ0n) is 10.5. The lowest BCUT2D eigenvalue weighted by Gasteiger charge is -2.19. The second kappa shape index (κ2) is 5.77. The first-order chi connectivity index (χ1) is 9.32. The minimum absolute atomic E-state index is 0.230. The van der Waals surface area contributed by atoms with E-state index in [1.807, 2.05) is 0 Å². The van der Waals surface area contributed by atoms with Crippen molar-refractivity contribution in [3.8, 4) is 5.75 Å². The molecule has 4 N–H and O–H groups in total. The number of rotatable bonds is 5. The fraction of sp³-hybridized carbons (Fsp3) is 0.300. The van der Waals surface area contributed by atoms with Crippen LogP contribution in [0.2, 0.25) is 0 Å². The monoisotopic (exact) mass is 320 g/mol. The summed E-state index contributed by atoms with van der Waals surface area (Å²) in [5, 5.41) is -1.54. The van der Waals surface area contributed by atoms with E-state index in [-0.39, 0.29) is 6.54 Å². The van der Waals surface area contributed by atoms with E-state index in [1.54, 1.807) is 18.2 Å². The smallest absolute Gasteiger partial charge is 0.339 e. The number of imidazole rings is 1. The number of hydrogen-bond donors (Lipinski definition) is 4. The molecule has 0 amide bonds. The molecule has 1 atom stereocenters. The molecule has 1 aromatic carbocycles. The van der Waals surface area contributed by atoms with Crippen molar-refractivity contribution >= 4 is 27.0 Å². The highest BCUT2D eigenvalue weighted by Gasteiger charge is 2.36. The molecule has 0 saturated heterocycles. The van der Waals surface area contributed by atoms with E-state index in [0.29, 0.717) is 16.8 Å². The molecule has 20 heavy (non-hydrogen) atoms. The van der Waals surface area contributed by atoms with E-state index in [4.69, 9.17) is 14.5 Å². The number of aromatic nitrogens is 2. The Labute approximate surface area is 115 Å². The van der Waals surface area contributed by atoms with Crippen LogP contribution in [0, 0.1) is 0 Å². The SMILES string of the molecule is COc1ccc2c(c1)ncn2CC(P(O)O)P(=O)(O)O. The van der Waals surface area contributed by atoms with Gasteiger partial charge in [0.15, 0.2) is 8.38 Å². The van der Waals surface area contributed by atoms with Gasteiger partial charge in [0.2, 0.25) is 0 Å². The summed E-state index contributed by atoms with van der Waals surface area (Å²) in [5.41, 5.74) is 1.22. The molecule has 2 aromatic rings. The molecule has 0 aliphatic heterocycles. The van der Waals surface area contributed by atoms with E-state index in [1.165, 1.54) is 18.0 Å². The third kappa shape index (κ3) is 3.17. The molecule has 2 rings (SSSR count). The molecule has 0 saturated carbocycles. The van der Waals surface area contributed by atoms with Crippen molar-refractivity contribution < 1.29 is 28.9 Å². The van der Waals surface area contributed by atoms with Crippen LogP contribution in [0.25, 0.3) is 11.0 Å². The lowest BCUT2D eigenvalue weighted by atomic mass is 10.3.